The van der Waals surface area contributed by atoms with Gasteiger partial charge in [0.1, 0.15) is 22.5 Å². The third-order valence-corrected chi connectivity index (χ3v) is 6.62. The molecule has 9 nitrogen and oxygen atoms in total. The maximum Gasteiger partial charge on any atom is 0.407 e. The number of benzene rings is 1. The summed E-state index contributed by atoms with van der Waals surface area (Å²) in [5.41, 5.74) is 7.22. The van der Waals surface area contributed by atoms with E-state index in [0.29, 0.717) is 13.0 Å². The van der Waals surface area contributed by atoms with Crippen molar-refractivity contribution in [3.05, 3.63) is 35.4 Å². The Kier molecular flexibility index (Phi) is 9.49. The Balaban J connectivity index is 2.05. The molecule has 0 saturated heterocycles. The zero-order chi connectivity index (χ0) is 23.7. The minimum Gasteiger partial charge on any atom is -0.445 e. The zero-order valence-electron chi connectivity index (χ0n) is 18.6. The summed E-state index contributed by atoms with van der Waals surface area (Å²) in [5, 5.41) is 5.24. The Morgan fingerprint density at radius 3 is 2.41 bits per heavy atom. The number of hydrogen-bond donors (Lipinski definition) is 3. The van der Waals surface area contributed by atoms with Gasteiger partial charge in [0.05, 0.1) is 5.75 Å². The minimum atomic E-state index is -3.28. The highest BCUT2D eigenvalue weighted by atomic mass is 32.2. The van der Waals surface area contributed by atoms with E-state index in [4.69, 9.17) is 10.5 Å². The van der Waals surface area contributed by atoms with Gasteiger partial charge in [0.15, 0.2) is 0 Å². The number of primary amides is 1. The van der Waals surface area contributed by atoms with E-state index in [0.717, 1.165) is 36.6 Å². The summed E-state index contributed by atoms with van der Waals surface area (Å²) >= 11 is 0. The molecule has 1 fully saturated rings. The maximum atomic E-state index is 13.0. The zero-order valence-corrected chi connectivity index (χ0v) is 19.4. The second-order valence-corrected chi connectivity index (χ2v) is 10.5. The summed E-state index contributed by atoms with van der Waals surface area (Å²) in [7, 11) is -3.28. The van der Waals surface area contributed by atoms with Gasteiger partial charge >= 0.3 is 6.09 Å². The smallest absolute Gasteiger partial charge is 0.407 e. The topological polar surface area (TPSA) is 145 Å². The second kappa shape index (κ2) is 11.8. The summed E-state index contributed by atoms with van der Waals surface area (Å²) < 4.78 is 28.0. The molecule has 3 atom stereocenters. The molecule has 1 aromatic carbocycles. The molecule has 0 aliphatic heterocycles. The van der Waals surface area contributed by atoms with Crippen LogP contribution in [-0.2, 0) is 30.8 Å². The molecule has 32 heavy (non-hydrogen) atoms. The number of amides is 3. The fourth-order valence-corrected chi connectivity index (χ4v) is 4.61. The predicted octanol–water partition coefficient (Wildman–Crippen LogP) is 1.61. The molecule has 1 aromatic rings. The maximum absolute atomic E-state index is 13.0. The molecule has 178 valence electrons. The molecule has 1 saturated carbocycles. The first-order valence-electron chi connectivity index (χ1n) is 10.9. The van der Waals surface area contributed by atoms with Crippen LogP contribution in [0.4, 0.5) is 4.79 Å². The van der Waals surface area contributed by atoms with E-state index < -0.39 is 27.9 Å². The predicted molar refractivity (Wildman–Crippen MR) is 120 cm³/mol. The molecule has 0 aromatic heterocycles. The van der Waals surface area contributed by atoms with Gasteiger partial charge in [0.25, 0.3) is 0 Å². The van der Waals surface area contributed by atoms with Crippen molar-refractivity contribution in [2.24, 2.45) is 11.7 Å². The first kappa shape index (κ1) is 25.6. The average Bonchev–Trinajstić information content (AvgIpc) is 2.75. The standard InChI is InChI=1S/C22H33N3O6S/c1-3-24-22(28)31-14-15-8-10-16(11-9-15)17-6-4-5-7-18(17)21(27)25-19(20(23)26)12-13-32(2,29)30/h8-11,17-19H,3-7,12-14H2,1-2H3,(H2,23,26)(H,24,28)(H,25,27)/t17-,18+,19-/m0/s1. The van der Waals surface area contributed by atoms with Crippen LogP contribution >= 0.6 is 0 Å². The highest BCUT2D eigenvalue weighted by Gasteiger charge is 2.33. The highest BCUT2D eigenvalue weighted by Crippen LogP contribution is 2.38. The first-order valence-corrected chi connectivity index (χ1v) is 12.9. The van der Waals surface area contributed by atoms with Crippen LogP contribution in [0.2, 0.25) is 0 Å². The largest absolute Gasteiger partial charge is 0.445 e. The molecule has 0 spiro atoms. The minimum absolute atomic E-state index is 0.0226. The van der Waals surface area contributed by atoms with E-state index >= 15 is 0 Å². The van der Waals surface area contributed by atoms with Crippen molar-refractivity contribution in [1.82, 2.24) is 10.6 Å². The number of carbonyl (C=O) groups is 3. The number of ether oxygens (including phenoxy) is 1. The monoisotopic (exact) mass is 467 g/mol. The lowest BCUT2D eigenvalue weighted by atomic mass is 9.75. The lowest BCUT2D eigenvalue weighted by Gasteiger charge is -2.32. The van der Waals surface area contributed by atoms with E-state index in [1.807, 2.05) is 31.2 Å². The van der Waals surface area contributed by atoms with Crippen molar-refractivity contribution in [3.8, 4) is 0 Å². The fourth-order valence-electron chi connectivity index (χ4n) is 3.95. The molecule has 2 rings (SSSR count). The third-order valence-electron chi connectivity index (χ3n) is 5.64. The van der Waals surface area contributed by atoms with Gasteiger partial charge in [-0.2, -0.15) is 0 Å². The molecule has 4 N–H and O–H groups in total. The van der Waals surface area contributed by atoms with Gasteiger partial charge in [-0.25, -0.2) is 13.2 Å². The van der Waals surface area contributed by atoms with E-state index in [1.54, 1.807) is 0 Å². The molecule has 10 heteroatoms. The van der Waals surface area contributed by atoms with Gasteiger partial charge in [-0.05, 0) is 43.2 Å². The summed E-state index contributed by atoms with van der Waals surface area (Å²) in [4.78, 5) is 36.2. The van der Waals surface area contributed by atoms with Crippen LogP contribution in [0.5, 0.6) is 0 Å². The highest BCUT2D eigenvalue weighted by molar-refractivity contribution is 7.90. The van der Waals surface area contributed by atoms with Gasteiger partial charge in [-0.15, -0.1) is 0 Å². The summed E-state index contributed by atoms with van der Waals surface area (Å²) in [6.07, 6.45) is 3.96. The molecule has 0 unspecified atom stereocenters. The lowest BCUT2D eigenvalue weighted by Crippen LogP contribution is -2.48. The van der Waals surface area contributed by atoms with E-state index in [2.05, 4.69) is 10.6 Å². The molecule has 0 heterocycles. The summed E-state index contributed by atoms with van der Waals surface area (Å²) in [5.74, 6) is -1.61. The number of nitrogens with one attached hydrogen (secondary N) is 2. The number of carbonyl (C=O) groups excluding carboxylic acids is 3. The molecule has 3 amide bonds. The quantitative estimate of drug-likeness (QED) is 0.477. The van der Waals surface area contributed by atoms with Crippen molar-refractivity contribution in [2.45, 2.75) is 57.6 Å². The van der Waals surface area contributed by atoms with Gasteiger partial charge in [-0.1, -0.05) is 37.1 Å². The molecule has 1 aliphatic carbocycles. The molecular weight excluding hydrogens is 434 g/mol. The van der Waals surface area contributed by atoms with Crippen molar-refractivity contribution in [1.29, 1.82) is 0 Å². The van der Waals surface area contributed by atoms with Crippen LogP contribution in [0.1, 0.15) is 56.1 Å². The van der Waals surface area contributed by atoms with Crippen molar-refractivity contribution >= 4 is 27.7 Å². The number of nitrogens with two attached hydrogens (primary N) is 1. The fraction of sp³-hybridized carbons (Fsp3) is 0.591. The Bertz CT molecular complexity index is 901. The van der Waals surface area contributed by atoms with Crippen LogP contribution in [-0.4, -0.2) is 50.9 Å². The first-order chi connectivity index (χ1) is 15.1. The molecular formula is C22H33N3O6S. The van der Waals surface area contributed by atoms with Crippen molar-refractivity contribution < 1.29 is 27.5 Å². The third kappa shape index (κ3) is 8.14. The summed E-state index contributed by atoms with van der Waals surface area (Å²) in [6.45, 7) is 2.46. The molecule has 0 radical (unpaired) electrons. The number of alkyl carbamates (subject to hydrolysis) is 1. The van der Waals surface area contributed by atoms with Crippen LogP contribution < -0.4 is 16.4 Å². The van der Waals surface area contributed by atoms with E-state index in [9.17, 15) is 22.8 Å². The average molecular weight is 468 g/mol. The number of hydrogen-bond acceptors (Lipinski definition) is 6. The van der Waals surface area contributed by atoms with Crippen molar-refractivity contribution in [3.63, 3.8) is 0 Å². The normalized spacial score (nSPS) is 19.6. The van der Waals surface area contributed by atoms with Crippen LogP contribution in [0.3, 0.4) is 0 Å². The Morgan fingerprint density at radius 2 is 1.81 bits per heavy atom. The Hall–Kier alpha value is -2.62. The lowest BCUT2D eigenvalue weighted by molar-refractivity contribution is -0.131. The van der Waals surface area contributed by atoms with Crippen LogP contribution in [0, 0.1) is 5.92 Å². The van der Waals surface area contributed by atoms with Gasteiger partial charge in [0.2, 0.25) is 11.8 Å². The summed E-state index contributed by atoms with van der Waals surface area (Å²) in [6, 6.07) is 6.59. The Labute approximate surface area is 189 Å². The number of sulfone groups is 1. The second-order valence-electron chi connectivity index (χ2n) is 8.23. The van der Waals surface area contributed by atoms with E-state index in [-0.39, 0.29) is 36.5 Å². The SMILES string of the molecule is CCNC(=O)OCc1ccc([C@@H]2CCCC[C@H]2C(=O)N[C@@H](CCS(C)(=O)=O)C(N)=O)cc1. The van der Waals surface area contributed by atoms with Gasteiger partial charge in [0, 0.05) is 18.7 Å². The van der Waals surface area contributed by atoms with Gasteiger partial charge in [-0.3, -0.25) is 9.59 Å². The van der Waals surface area contributed by atoms with Crippen LogP contribution in [0.25, 0.3) is 0 Å². The Morgan fingerprint density at radius 1 is 1.16 bits per heavy atom. The van der Waals surface area contributed by atoms with Crippen LogP contribution in [0.15, 0.2) is 24.3 Å². The van der Waals surface area contributed by atoms with Gasteiger partial charge < -0.3 is 21.1 Å². The number of rotatable bonds is 10. The molecule has 1 aliphatic rings. The molecule has 0 bridgehead atoms. The van der Waals surface area contributed by atoms with Crippen molar-refractivity contribution in [2.75, 3.05) is 18.6 Å². The van der Waals surface area contributed by atoms with E-state index in [1.165, 1.54) is 0 Å².